The van der Waals surface area contributed by atoms with Crippen molar-refractivity contribution in [3.05, 3.63) is 47.1 Å². The number of fused-ring (bicyclic) bond motifs is 1. The van der Waals surface area contributed by atoms with E-state index in [0.29, 0.717) is 22.2 Å². The second-order valence-corrected chi connectivity index (χ2v) is 4.62. The predicted molar refractivity (Wildman–Crippen MR) is 72.6 cm³/mol. The van der Waals surface area contributed by atoms with Gasteiger partial charge in [0.15, 0.2) is 11.5 Å². The van der Waals surface area contributed by atoms with E-state index in [2.05, 4.69) is 10.1 Å². The van der Waals surface area contributed by atoms with Crippen LogP contribution in [0.4, 0.5) is 5.69 Å². The average molecular weight is 259 g/mol. The van der Waals surface area contributed by atoms with Gasteiger partial charge < -0.3 is 5.73 Å². The first-order chi connectivity index (χ1) is 8.63. The molecule has 5 heteroatoms. The minimum Gasteiger partial charge on any atom is -0.396 e. The fraction of sp³-hybridized carbons (Fsp3) is 0.0769. The van der Waals surface area contributed by atoms with Gasteiger partial charge in [-0.15, -0.1) is 5.10 Å². The van der Waals surface area contributed by atoms with Crippen molar-refractivity contribution < 1.29 is 0 Å². The number of pyridine rings is 1. The molecule has 0 aliphatic carbocycles. The number of halogens is 1. The molecule has 2 aromatic heterocycles. The maximum Gasteiger partial charge on any atom is 0.182 e. The largest absolute Gasteiger partial charge is 0.396 e. The molecule has 0 aliphatic heterocycles. The van der Waals surface area contributed by atoms with Crippen LogP contribution >= 0.6 is 11.6 Å². The van der Waals surface area contributed by atoms with Crippen molar-refractivity contribution >= 4 is 22.9 Å². The Labute approximate surface area is 109 Å². The number of hydrogen-bond donors (Lipinski definition) is 1. The molecule has 90 valence electrons. The van der Waals surface area contributed by atoms with Gasteiger partial charge in [-0.2, -0.15) is 0 Å². The maximum atomic E-state index is 5.93. The number of nitrogen functional groups attached to an aromatic ring is 1. The molecule has 0 aliphatic rings. The Morgan fingerprint density at radius 3 is 2.67 bits per heavy atom. The number of anilines is 1. The predicted octanol–water partition coefficient (Wildman–Crippen LogP) is 2.94. The molecule has 0 spiro atoms. The molecule has 0 bridgehead atoms. The zero-order valence-electron chi connectivity index (χ0n) is 9.76. The molecule has 0 fully saturated rings. The summed E-state index contributed by atoms with van der Waals surface area (Å²) in [6, 6.07) is 9.70. The molecule has 4 nitrogen and oxygen atoms in total. The Morgan fingerprint density at radius 1 is 1.22 bits per heavy atom. The first kappa shape index (κ1) is 11.0. The third kappa shape index (κ3) is 1.80. The standard InChI is InChI=1S/C13H11ClN4/c1-8-2-4-9(5-3-8)12-16-13-11(15)6-10(14)7-18(13)17-12/h2-7H,15H2,1H3. The van der Waals surface area contributed by atoms with Gasteiger partial charge in [-0.25, -0.2) is 9.50 Å². The summed E-state index contributed by atoms with van der Waals surface area (Å²) in [5, 5.41) is 4.92. The van der Waals surface area contributed by atoms with E-state index in [9.17, 15) is 0 Å². The highest BCUT2D eigenvalue weighted by atomic mass is 35.5. The first-order valence-corrected chi connectivity index (χ1v) is 5.90. The number of aryl methyl sites for hydroxylation is 1. The lowest BCUT2D eigenvalue weighted by atomic mass is 10.1. The van der Waals surface area contributed by atoms with Gasteiger partial charge in [0.1, 0.15) is 0 Å². The van der Waals surface area contributed by atoms with Crippen molar-refractivity contribution in [1.29, 1.82) is 0 Å². The average Bonchev–Trinajstić information content (AvgIpc) is 2.74. The molecular weight excluding hydrogens is 248 g/mol. The van der Waals surface area contributed by atoms with Crippen LogP contribution in [-0.2, 0) is 0 Å². The van der Waals surface area contributed by atoms with E-state index in [1.807, 2.05) is 31.2 Å². The normalized spacial score (nSPS) is 11.0. The van der Waals surface area contributed by atoms with Gasteiger partial charge in [-0.05, 0) is 13.0 Å². The van der Waals surface area contributed by atoms with Gasteiger partial charge >= 0.3 is 0 Å². The summed E-state index contributed by atoms with van der Waals surface area (Å²) in [4.78, 5) is 4.42. The number of hydrogen-bond acceptors (Lipinski definition) is 3. The van der Waals surface area contributed by atoms with Crippen LogP contribution in [0.2, 0.25) is 5.02 Å². The Morgan fingerprint density at radius 2 is 1.94 bits per heavy atom. The summed E-state index contributed by atoms with van der Waals surface area (Å²) in [6.07, 6.45) is 1.69. The van der Waals surface area contributed by atoms with Crippen LogP contribution in [0.3, 0.4) is 0 Å². The summed E-state index contributed by atoms with van der Waals surface area (Å²) >= 11 is 5.93. The Kier molecular flexibility index (Phi) is 2.45. The first-order valence-electron chi connectivity index (χ1n) is 5.52. The number of rotatable bonds is 1. The molecule has 3 aromatic rings. The molecule has 2 heterocycles. The monoisotopic (exact) mass is 258 g/mol. The molecule has 1 aromatic carbocycles. The van der Waals surface area contributed by atoms with E-state index < -0.39 is 0 Å². The topological polar surface area (TPSA) is 56.2 Å². The van der Waals surface area contributed by atoms with E-state index in [1.165, 1.54) is 5.56 Å². The summed E-state index contributed by atoms with van der Waals surface area (Å²) in [7, 11) is 0. The summed E-state index contributed by atoms with van der Waals surface area (Å²) in [5.74, 6) is 0.643. The molecule has 18 heavy (non-hydrogen) atoms. The molecule has 0 saturated heterocycles. The van der Waals surface area contributed by atoms with Crippen LogP contribution in [0, 0.1) is 6.92 Å². The molecular formula is C13H11ClN4. The third-order valence-electron chi connectivity index (χ3n) is 2.74. The smallest absolute Gasteiger partial charge is 0.182 e. The van der Waals surface area contributed by atoms with Crippen LogP contribution < -0.4 is 5.73 Å². The molecule has 0 radical (unpaired) electrons. The second kappa shape index (κ2) is 3.99. The van der Waals surface area contributed by atoms with Gasteiger partial charge in [0.2, 0.25) is 0 Å². The van der Waals surface area contributed by atoms with Crippen molar-refractivity contribution in [2.24, 2.45) is 0 Å². The van der Waals surface area contributed by atoms with E-state index in [-0.39, 0.29) is 0 Å². The Bertz CT molecular complexity index is 716. The van der Waals surface area contributed by atoms with Crippen molar-refractivity contribution in [2.75, 3.05) is 5.73 Å². The van der Waals surface area contributed by atoms with Crippen LogP contribution in [0.15, 0.2) is 36.5 Å². The lowest BCUT2D eigenvalue weighted by Crippen LogP contribution is -1.93. The molecule has 3 rings (SSSR count). The lowest BCUT2D eigenvalue weighted by Gasteiger charge is -1.95. The van der Waals surface area contributed by atoms with Crippen LogP contribution in [-0.4, -0.2) is 14.6 Å². The zero-order valence-corrected chi connectivity index (χ0v) is 10.5. The third-order valence-corrected chi connectivity index (χ3v) is 2.94. The minimum absolute atomic E-state index is 0.522. The molecule has 0 atom stereocenters. The minimum atomic E-state index is 0.522. The van der Waals surface area contributed by atoms with Gasteiger partial charge in [-0.1, -0.05) is 41.4 Å². The Hall–Kier alpha value is -2.07. The van der Waals surface area contributed by atoms with E-state index in [1.54, 1.807) is 16.8 Å². The highest BCUT2D eigenvalue weighted by molar-refractivity contribution is 6.30. The number of aromatic nitrogens is 3. The second-order valence-electron chi connectivity index (χ2n) is 4.18. The van der Waals surface area contributed by atoms with Crippen molar-refractivity contribution in [1.82, 2.24) is 14.6 Å². The van der Waals surface area contributed by atoms with Gasteiger partial charge in [-0.3, -0.25) is 0 Å². The van der Waals surface area contributed by atoms with Crippen LogP contribution in [0.5, 0.6) is 0 Å². The fourth-order valence-electron chi connectivity index (χ4n) is 1.80. The van der Waals surface area contributed by atoms with Crippen molar-refractivity contribution in [3.8, 4) is 11.4 Å². The number of nitrogens with two attached hydrogens (primary N) is 1. The van der Waals surface area contributed by atoms with E-state index in [4.69, 9.17) is 17.3 Å². The van der Waals surface area contributed by atoms with Gasteiger partial charge in [0.25, 0.3) is 0 Å². The molecule has 0 unspecified atom stereocenters. The number of nitrogens with zero attached hydrogens (tertiary/aromatic N) is 3. The Balaban J connectivity index is 2.19. The highest BCUT2D eigenvalue weighted by Crippen LogP contribution is 2.22. The highest BCUT2D eigenvalue weighted by Gasteiger charge is 2.09. The van der Waals surface area contributed by atoms with Crippen LogP contribution in [0.25, 0.3) is 17.0 Å². The molecule has 0 amide bonds. The van der Waals surface area contributed by atoms with Gasteiger partial charge in [0.05, 0.1) is 10.7 Å². The number of benzene rings is 1. The fourth-order valence-corrected chi connectivity index (χ4v) is 2.01. The van der Waals surface area contributed by atoms with Gasteiger partial charge in [0, 0.05) is 11.8 Å². The SMILES string of the molecule is Cc1ccc(-c2nc3c(N)cc(Cl)cn3n2)cc1. The quantitative estimate of drug-likeness (QED) is 0.730. The zero-order chi connectivity index (χ0) is 12.7. The van der Waals surface area contributed by atoms with Crippen LogP contribution in [0.1, 0.15) is 5.56 Å². The molecule has 0 saturated carbocycles. The van der Waals surface area contributed by atoms with E-state index in [0.717, 1.165) is 5.56 Å². The van der Waals surface area contributed by atoms with E-state index >= 15 is 0 Å². The lowest BCUT2D eigenvalue weighted by molar-refractivity contribution is 0.967. The molecule has 2 N–H and O–H groups in total. The van der Waals surface area contributed by atoms with Crippen molar-refractivity contribution in [2.45, 2.75) is 6.92 Å². The summed E-state index contributed by atoms with van der Waals surface area (Å²) in [5.41, 5.74) is 9.16. The van der Waals surface area contributed by atoms with Crippen molar-refractivity contribution in [3.63, 3.8) is 0 Å². The summed E-state index contributed by atoms with van der Waals surface area (Å²) in [6.45, 7) is 2.04. The maximum absolute atomic E-state index is 5.93. The summed E-state index contributed by atoms with van der Waals surface area (Å²) < 4.78 is 1.60.